The lowest BCUT2D eigenvalue weighted by molar-refractivity contribution is 0.394. The van der Waals surface area contributed by atoms with E-state index in [-0.39, 0.29) is 5.82 Å². The molecule has 0 aromatic heterocycles. The topological polar surface area (TPSA) is 15.3 Å². The molecule has 0 atom stereocenters. The van der Waals surface area contributed by atoms with Crippen LogP contribution in [0.15, 0.2) is 12.1 Å². The van der Waals surface area contributed by atoms with Crippen LogP contribution < -0.4 is 5.32 Å². The van der Waals surface area contributed by atoms with Gasteiger partial charge in [0, 0.05) is 6.54 Å². The summed E-state index contributed by atoms with van der Waals surface area (Å²) in [5.74, 6) is -0.0821. The lowest BCUT2D eigenvalue weighted by Gasteiger charge is -2.11. The predicted octanol–water partition coefficient (Wildman–Crippen LogP) is 2.48. The molecule has 3 heteroatoms. The Morgan fingerprint density at radius 2 is 1.76 bits per heavy atom. The maximum Gasteiger partial charge on any atom is 0.129 e. The summed E-state index contributed by atoms with van der Waals surface area (Å²) in [7, 11) is 4.15. The van der Waals surface area contributed by atoms with Gasteiger partial charge in [-0.2, -0.15) is 0 Å². The Morgan fingerprint density at radius 1 is 1.18 bits per heavy atom. The van der Waals surface area contributed by atoms with Gasteiger partial charge in [0.25, 0.3) is 0 Å². The number of halogens is 1. The number of aryl methyl sites for hydroxylation is 2. The van der Waals surface area contributed by atoms with Gasteiger partial charge in [0.2, 0.25) is 0 Å². The second-order valence-electron chi connectivity index (χ2n) is 4.88. The molecule has 0 spiro atoms. The summed E-state index contributed by atoms with van der Waals surface area (Å²) in [5, 5.41) is 3.38. The molecule has 2 nitrogen and oxygen atoms in total. The Morgan fingerprint density at radius 3 is 2.29 bits per heavy atom. The number of hydrogen-bond donors (Lipinski definition) is 1. The van der Waals surface area contributed by atoms with Crippen molar-refractivity contribution in [3.63, 3.8) is 0 Å². The summed E-state index contributed by atoms with van der Waals surface area (Å²) in [6.45, 7) is 6.53. The summed E-state index contributed by atoms with van der Waals surface area (Å²) >= 11 is 0. The molecule has 0 aliphatic heterocycles. The molecule has 0 saturated heterocycles. The van der Waals surface area contributed by atoms with Crippen LogP contribution in [0.25, 0.3) is 0 Å². The van der Waals surface area contributed by atoms with Gasteiger partial charge < -0.3 is 10.2 Å². The van der Waals surface area contributed by atoms with Crippen LogP contribution in [0, 0.1) is 19.7 Å². The number of benzene rings is 1. The van der Waals surface area contributed by atoms with Gasteiger partial charge in [-0.15, -0.1) is 0 Å². The molecule has 0 heterocycles. The van der Waals surface area contributed by atoms with E-state index in [1.54, 1.807) is 0 Å². The minimum Gasteiger partial charge on any atom is -0.313 e. The van der Waals surface area contributed by atoms with Crippen molar-refractivity contribution in [1.82, 2.24) is 10.2 Å². The molecule has 96 valence electrons. The molecule has 0 saturated carbocycles. The molecule has 1 aromatic rings. The van der Waals surface area contributed by atoms with Gasteiger partial charge in [-0.05, 0) is 64.1 Å². The number of nitrogens with zero attached hydrogens (tertiary/aromatic N) is 1. The fourth-order valence-corrected chi connectivity index (χ4v) is 1.89. The molecule has 1 N–H and O–H groups in total. The smallest absolute Gasteiger partial charge is 0.129 e. The quantitative estimate of drug-likeness (QED) is 0.766. The Labute approximate surface area is 104 Å². The second kappa shape index (κ2) is 6.72. The fraction of sp³-hybridized carbons (Fsp3) is 0.571. The van der Waals surface area contributed by atoms with Gasteiger partial charge in [-0.1, -0.05) is 12.1 Å². The second-order valence-corrected chi connectivity index (χ2v) is 4.88. The third-order valence-electron chi connectivity index (χ3n) is 2.78. The van der Waals surface area contributed by atoms with Crippen molar-refractivity contribution in [2.24, 2.45) is 0 Å². The number of nitrogens with one attached hydrogen (secondary N) is 1. The molecule has 1 rings (SSSR count). The summed E-state index contributed by atoms with van der Waals surface area (Å²) in [6.07, 6.45) is 1.13. The first-order valence-corrected chi connectivity index (χ1v) is 6.11. The molecular formula is C14H23FN2. The molecule has 0 unspecified atom stereocenters. The summed E-state index contributed by atoms with van der Waals surface area (Å²) in [5.41, 5.74) is 2.62. The van der Waals surface area contributed by atoms with Gasteiger partial charge in [0.1, 0.15) is 5.82 Å². The average Bonchev–Trinajstić information content (AvgIpc) is 2.25. The first-order chi connectivity index (χ1) is 8.00. The van der Waals surface area contributed by atoms with Crippen molar-refractivity contribution < 1.29 is 4.39 Å². The van der Waals surface area contributed by atoms with Crippen LogP contribution in [-0.4, -0.2) is 32.1 Å². The summed E-state index contributed by atoms with van der Waals surface area (Å²) < 4.78 is 13.4. The number of rotatable bonds is 6. The largest absolute Gasteiger partial charge is 0.313 e. The van der Waals surface area contributed by atoms with E-state index in [0.717, 1.165) is 42.7 Å². The normalized spacial score (nSPS) is 11.2. The Hall–Kier alpha value is -0.930. The highest BCUT2D eigenvalue weighted by atomic mass is 19.1. The van der Waals surface area contributed by atoms with Crippen molar-refractivity contribution in [3.05, 3.63) is 34.6 Å². The van der Waals surface area contributed by atoms with E-state index in [1.807, 2.05) is 26.0 Å². The highest BCUT2D eigenvalue weighted by Crippen LogP contribution is 2.14. The zero-order valence-electron chi connectivity index (χ0n) is 11.3. The van der Waals surface area contributed by atoms with Crippen LogP contribution in [0.1, 0.15) is 23.1 Å². The molecule has 0 amide bonds. The van der Waals surface area contributed by atoms with E-state index in [2.05, 4.69) is 24.3 Å². The van der Waals surface area contributed by atoms with Crippen LogP contribution >= 0.6 is 0 Å². The monoisotopic (exact) mass is 238 g/mol. The number of hydrogen-bond acceptors (Lipinski definition) is 2. The van der Waals surface area contributed by atoms with E-state index >= 15 is 0 Å². The lowest BCUT2D eigenvalue weighted by atomic mass is 10.1. The Balaban J connectivity index is 2.37. The molecule has 17 heavy (non-hydrogen) atoms. The highest BCUT2D eigenvalue weighted by Gasteiger charge is 2.03. The fourth-order valence-electron chi connectivity index (χ4n) is 1.89. The van der Waals surface area contributed by atoms with Gasteiger partial charge in [-0.3, -0.25) is 0 Å². The molecule has 1 aromatic carbocycles. The lowest BCUT2D eigenvalue weighted by Crippen LogP contribution is -2.21. The minimum atomic E-state index is -0.0821. The standard InChI is InChI=1S/C14H23FN2/c1-11-8-13(9-12(2)14(11)15)10-16-6-5-7-17(3)4/h8-9,16H,5-7,10H2,1-4H3. The van der Waals surface area contributed by atoms with E-state index < -0.39 is 0 Å². The molecule has 0 aliphatic rings. The first kappa shape index (κ1) is 14.1. The summed E-state index contributed by atoms with van der Waals surface area (Å²) in [4.78, 5) is 2.17. The first-order valence-electron chi connectivity index (χ1n) is 6.11. The van der Waals surface area contributed by atoms with Crippen molar-refractivity contribution in [3.8, 4) is 0 Å². The molecule has 0 fully saturated rings. The van der Waals surface area contributed by atoms with E-state index in [0.29, 0.717) is 0 Å². The minimum absolute atomic E-state index is 0.0821. The molecule has 0 aliphatic carbocycles. The SMILES string of the molecule is Cc1cc(CNCCCN(C)C)cc(C)c1F. The van der Waals surface area contributed by atoms with Crippen LogP contribution in [-0.2, 0) is 6.54 Å². The molecule has 0 radical (unpaired) electrons. The van der Waals surface area contributed by atoms with Gasteiger partial charge in [0.05, 0.1) is 0 Å². The average molecular weight is 238 g/mol. The van der Waals surface area contributed by atoms with Crippen LogP contribution in [0.3, 0.4) is 0 Å². The third-order valence-corrected chi connectivity index (χ3v) is 2.78. The highest BCUT2D eigenvalue weighted by molar-refractivity contribution is 5.30. The van der Waals surface area contributed by atoms with E-state index in [4.69, 9.17) is 0 Å². The van der Waals surface area contributed by atoms with Crippen LogP contribution in [0.5, 0.6) is 0 Å². The van der Waals surface area contributed by atoms with Gasteiger partial charge in [-0.25, -0.2) is 4.39 Å². The molecule has 0 bridgehead atoms. The zero-order valence-corrected chi connectivity index (χ0v) is 11.3. The predicted molar refractivity (Wildman–Crippen MR) is 70.8 cm³/mol. The van der Waals surface area contributed by atoms with Crippen molar-refractivity contribution >= 4 is 0 Å². The van der Waals surface area contributed by atoms with Gasteiger partial charge in [0.15, 0.2) is 0 Å². The van der Waals surface area contributed by atoms with Crippen molar-refractivity contribution in [1.29, 1.82) is 0 Å². The maximum absolute atomic E-state index is 13.4. The maximum atomic E-state index is 13.4. The van der Waals surface area contributed by atoms with Crippen LogP contribution in [0.2, 0.25) is 0 Å². The zero-order chi connectivity index (χ0) is 12.8. The third kappa shape index (κ3) is 4.84. The summed E-state index contributed by atoms with van der Waals surface area (Å²) in [6, 6.07) is 3.84. The van der Waals surface area contributed by atoms with Gasteiger partial charge >= 0.3 is 0 Å². The Bertz CT molecular complexity index is 338. The van der Waals surface area contributed by atoms with E-state index in [1.165, 1.54) is 0 Å². The van der Waals surface area contributed by atoms with Crippen LogP contribution in [0.4, 0.5) is 4.39 Å². The van der Waals surface area contributed by atoms with Crippen molar-refractivity contribution in [2.45, 2.75) is 26.8 Å². The van der Waals surface area contributed by atoms with E-state index in [9.17, 15) is 4.39 Å². The van der Waals surface area contributed by atoms with Crippen molar-refractivity contribution in [2.75, 3.05) is 27.2 Å². The Kier molecular flexibility index (Phi) is 5.59. The molecular weight excluding hydrogens is 215 g/mol.